The number of methoxy groups -OCH3 is 1. The van der Waals surface area contributed by atoms with E-state index in [1.165, 1.54) is 0 Å². The number of aromatic nitrogens is 2. The first-order chi connectivity index (χ1) is 10.7. The molecule has 0 atom stereocenters. The minimum absolute atomic E-state index is 0.309. The van der Waals surface area contributed by atoms with Crippen molar-refractivity contribution in [1.29, 1.82) is 0 Å². The van der Waals surface area contributed by atoms with Gasteiger partial charge in [-0.2, -0.15) is 10.2 Å². The number of amides is 1. The summed E-state index contributed by atoms with van der Waals surface area (Å²) in [6, 6.07) is 9.29. The fourth-order valence-corrected chi connectivity index (χ4v) is 2.15. The van der Waals surface area contributed by atoms with Crippen molar-refractivity contribution < 1.29 is 9.53 Å². The van der Waals surface area contributed by atoms with Crippen molar-refractivity contribution in [2.45, 2.75) is 25.7 Å². The van der Waals surface area contributed by atoms with Gasteiger partial charge in [-0.3, -0.25) is 9.89 Å². The first-order valence-electron chi connectivity index (χ1n) is 7.21. The molecule has 0 aliphatic heterocycles. The molecule has 0 bridgehead atoms. The number of carbonyl (C=O) groups excluding carboxylic acids is 1. The van der Waals surface area contributed by atoms with Gasteiger partial charge in [-0.1, -0.05) is 0 Å². The summed E-state index contributed by atoms with van der Waals surface area (Å²) in [5.41, 5.74) is 5.57. The van der Waals surface area contributed by atoms with Gasteiger partial charge in [-0.25, -0.2) is 5.43 Å². The second-order valence-electron chi connectivity index (χ2n) is 5.35. The average molecular weight is 298 g/mol. The van der Waals surface area contributed by atoms with Gasteiger partial charge in [0.1, 0.15) is 5.75 Å². The summed E-state index contributed by atoms with van der Waals surface area (Å²) in [6.07, 6.45) is 2.33. The maximum Gasteiger partial charge on any atom is 0.291 e. The average Bonchev–Trinajstić information content (AvgIpc) is 3.29. The highest BCUT2D eigenvalue weighted by Crippen LogP contribution is 2.38. The predicted molar refractivity (Wildman–Crippen MR) is 83.2 cm³/mol. The Morgan fingerprint density at radius 3 is 2.73 bits per heavy atom. The molecule has 6 nitrogen and oxygen atoms in total. The molecule has 1 aliphatic rings. The van der Waals surface area contributed by atoms with Crippen LogP contribution in [-0.4, -0.2) is 28.9 Å². The molecule has 0 spiro atoms. The van der Waals surface area contributed by atoms with Gasteiger partial charge in [-0.05, 0) is 55.7 Å². The van der Waals surface area contributed by atoms with Crippen molar-refractivity contribution >= 4 is 11.6 Å². The van der Waals surface area contributed by atoms with Gasteiger partial charge in [0.25, 0.3) is 5.91 Å². The lowest BCUT2D eigenvalue weighted by Crippen LogP contribution is -2.19. The molecule has 1 aromatic heterocycles. The number of hydrazone groups is 1. The van der Waals surface area contributed by atoms with Gasteiger partial charge in [0.15, 0.2) is 5.69 Å². The third-order valence-corrected chi connectivity index (χ3v) is 3.68. The fraction of sp³-hybridized carbons (Fsp3) is 0.312. The van der Waals surface area contributed by atoms with Crippen LogP contribution in [-0.2, 0) is 0 Å². The van der Waals surface area contributed by atoms with Gasteiger partial charge in [-0.15, -0.1) is 0 Å². The summed E-state index contributed by atoms with van der Waals surface area (Å²) in [6.45, 7) is 1.84. The maximum atomic E-state index is 12.0. The highest BCUT2D eigenvalue weighted by Gasteiger charge is 2.26. The first-order valence-corrected chi connectivity index (χ1v) is 7.21. The lowest BCUT2D eigenvalue weighted by molar-refractivity contribution is 0.0950. The normalized spacial score (nSPS) is 14.7. The Balaban J connectivity index is 1.64. The van der Waals surface area contributed by atoms with E-state index < -0.39 is 0 Å². The third kappa shape index (κ3) is 3.16. The van der Waals surface area contributed by atoms with Crippen molar-refractivity contribution in [3.05, 3.63) is 47.3 Å². The number of hydrogen-bond acceptors (Lipinski definition) is 4. The number of H-pyrrole nitrogens is 1. The van der Waals surface area contributed by atoms with Crippen LogP contribution in [0.2, 0.25) is 0 Å². The molecular weight excluding hydrogens is 280 g/mol. The molecule has 2 aromatic rings. The predicted octanol–water partition coefficient (Wildman–Crippen LogP) is 2.45. The van der Waals surface area contributed by atoms with Crippen molar-refractivity contribution in [3.63, 3.8) is 0 Å². The Morgan fingerprint density at radius 1 is 1.36 bits per heavy atom. The molecule has 1 aliphatic carbocycles. The number of carbonyl (C=O) groups is 1. The molecule has 3 rings (SSSR count). The lowest BCUT2D eigenvalue weighted by Gasteiger charge is -2.03. The zero-order chi connectivity index (χ0) is 15.5. The molecule has 114 valence electrons. The molecule has 1 amide bonds. The summed E-state index contributed by atoms with van der Waals surface area (Å²) in [4.78, 5) is 12.0. The standard InChI is InChI=1S/C16H18N4O2/c1-10(11-5-7-13(22-2)8-6-11)17-20-16(21)15-9-14(18-19-15)12-3-4-12/h5-9,12H,3-4H2,1-2H3,(H,18,19)(H,20,21)/b17-10-. The second-order valence-corrected chi connectivity index (χ2v) is 5.35. The molecule has 0 radical (unpaired) electrons. The maximum absolute atomic E-state index is 12.0. The fourth-order valence-electron chi connectivity index (χ4n) is 2.15. The molecule has 6 heteroatoms. The summed E-state index contributed by atoms with van der Waals surface area (Å²) >= 11 is 0. The van der Waals surface area contributed by atoms with Crippen LogP contribution in [0.15, 0.2) is 35.4 Å². The molecule has 1 saturated carbocycles. The number of hydrogen-bond donors (Lipinski definition) is 2. The second kappa shape index (κ2) is 6.01. The van der Waals surface area contributed by atoms with Crippen LogP contribution in [0, 0.1) is 0 Å². The summed E-state index contributed by atoms with van der Waals surface area (Å²) in [5.74, 6) is 1.01. The summed E-state index contributed by atoms with van der Waals surface area (Å²) in [7, 11) is 1.62. The van der Waals surface area contributed by atoms with Crippen LogP contribution >= 0.6 is 0 Å². The topological polar surface area (TPSA) is 79.4 Å². The highest BCUT2D eigenvalue weighted by molar-refractivity contribution is 6.00. The SMILES string of the molecule is COc1ccc(/C(C)=N\NC(=O)c2cc(C3CC3)[nH]n2)cc1. The summed E-state index contributed by atoms with van der Waals surface area (Å²) in [5, 5.41) is 11.1. The largest absolute Gasteiger partial charge is 0.497 e. The minimum Gasteiger partial charge on any atom is -0.497 e. The van der Waals surface area contributed by atoms with E-state index in [1.807, 2.05) is 31.2 Å². The Hall–Kier alpha value is -2.63. The van der Waals surface area contributed by atoms with E-state index in [4.69, 9.17) is 4.74 Å². The zero-order valence-corrected chi connectivity index (χ0v) is 12.6. The van der Waals surface area contributed by atoms with E-state index in [-0.39, 0.29) is 5.91 Å². The Labute approximate surface area is 128 Å². The number of nitrogens with one attached hydrogen (secondary N) is 2. The molecule has 22 heavy (non-hydrogen) atoms. The van der Waals surface area contributed by atoms with E-state index >= 15 is 0 Å². The van der Waals surface area contributed by atoms with E-state index in [1.54, 1.807) is 13.2 Å². The van der Waals surface area contributed by atoms with Crippen LogP contribution in [0.3, 0.4) is 0 Å². The summed E-state index contributed by atoms with van der Waals surface area (Å²) < 4.78 is 5.11. The molecule has 0 unspecified atom stereocenters. The van der Waals surface area contributed by atoms with Crippen LogP contribution in [0.25, 0.3) is 0 Å². The molecular formula is C16H18N4O2. The molecule has 1 aromatic carbocycles. The van der Waals surface area contributed by atoms with Crippen molar-refractivity contribution in [3.8, 4) is 5.75 Å². The smallest absolute Gasteiger partial charge is 0.291 e. The monoisotopic (exact) mass is 298 g/mol. The van der Waals surface area contributed by atoms with E-state index in [9.17, 15) is 4.79 Å². The molecule has 0 saturated heterocycles. The minimum atomic E-state index is -0.309. The Bertz CT molecular complexity index is 699. The molecule has 1 heterocycles. The Morgan fingerprint density at radius 2 is 2.09 bits per heavy atom. The van der Waals surface area contributed by atoms with Crippen LogP contribution in [0.4, 0.5) is 0 Å². The number of ether oxygens (including phenoxy) is 1. The first kappa shape index (κ1) is 14.3. The van der Waals surface area contributed by atoms with Gasteiger partial charge >= 0.3 is 0 Å². The van der Waals surface area contributed by atoms with Gasteiger partial charge < -0.3 is 4.74 Å². The molecule has 2 N–H and O–H groups in total. The Kier molecular flexibility index (Phi) is 3.91. The van der Waals surface area contributed by atoms with Crippen LogP contribution < -0.4 is 10.2 Å². The van der Waals surface area contributed by atoms with Gasteiger partial charge in [0.2, 0.25) is 0 Å². The van der Waals surface area contributed by atoms with Crippen molar-refractivity contribution in [2.75, 3.05) is 7.11 Å². The lowest BCUT2D eigenvalue weighted by atomic mass is 10.1. The van der Waals surface area contributed by atoms with E-state index in [2.05, 4.69) is 20.7 Å². The van der Waals surface area contributed by atoms with E-state index in [0.717, 1.165) is 29.8 Å². The van der Waals surface area contributed by atoms with E-state index in [0.29, 0.717) is 17.3 Å². The zero-order valence-electron chi connectivity index (χ0n) is 12.6. The quantitative estimate of drug-likeness (QED) is 0.657. The number of aromatic amines is 1. The van der Waals surface area contributed by atoms with Crippen molar-refractivity contribution in [2.24, 2.45) is 5.10 Å². The van der Waals surface area contributed by atoms with Crippen molar-refractivity contribution in [1.82, 2.24) is 15.6 Å². The highest BCUT2D eigenvalue weighted by atomic mass is 16.5. The number of nitrogens with zero attached hydrogens (tertiary/aromatic N) is 2. The van der Waals surface area contributed by atoms with Gasteiger partial charge in [0, 0.05) is 11.6 Å². The molecule has 1 fully saturated rings. The van der Waals surface area contributed by atoms with Crippen LogP contribution in [0.1, 0.15) is 47.4 Å². The van der Waals surface area contributed by atoms with Gasteiger partial charge in [0.05, 0.1) is 12.8 Å². The number of rotatable bonds is 5. The third-order valence-electron chi connectivity index (χ3n) is 3.68. The number of benzene rings is 1. The van der Waals surface area contributed by atoms with Crippen LogP contribution in [0.5, 0.6) is 5.75 Å².